The second-order valence-corrected chi connectivity index (χ2v) is 4.15. The fourth-order valence-corrected chi connectivity index (χ4v) is 1.50. The summed E-state index contributed by atoms with van der Waals surface area (Å²) in [6.07, 6.45) is 0. The minimum atomic E-state index is 0.672. The lowest BCUT2D eigenvalue weighted by Gasteiger charge is -2.26. The van der Waals surface area contributed by atoms with Crippen LogP contribution < -0.4 is 10.1 Å². The number of aryl methyl sites for hydroxylation is 1. The minimum absolute atomic E-state index is 0.672. The van der Waals surface area contributed by atoms with Gasteiger partial charge in [-0.25, -0.2) is 0 Å². The first-order chi connectivity index (χ1) is 6.75. The van der Waals surface area contributed by atoms with Gasteiger partial charge in [0.1, 0.15) is 5.75 Å². The summed E-state index contributed by atoms with van der Waals surface area (Å²) in [4.78, 5) is 0. The molecule has 1 saturated heterocycles. The Balaban J connectivity index is 1.91. The first-order valence-electron chi connectivity index (χ1n) is 4.85. The molecule has 76 valence electrons. The predicted octanol–water partition coefficient (Wildman–Crippen LogP) is 2.25. The van der Waals surface area contributed by atoms with Crippen LogP contribution in [0.5, 0.6) is 5.75 Å². The lowest BCUT2D eigenvalue weighted by Crippen LogP contribution is -2.45. The molecule has 2 nitrogen and oxygen atoms in total. The molecule has 1 heterocycles. The molecule has 0 atom stereocenters. The molecule has 0 aliphatic carbocycles. The normalized spacial score (nSPS) is 16.4. The molecule has 2 rings (SSSR count). The van der Waals surface area contributed by atoms with E-state index in [1.54, 1.807) is 0 Å². The summed E-state index contributed by atoms with van der Waals surface area (Å²) in [5.74, 6) is 1.59. The third kappa shape index (κ3) is 2.20. The number of hydrogen-bond donors (Lipinski definition) is 1. The SMILES string of the molecule is Cc1cc(OCC2CNC2)ccc1Cl. The lowest BCUT2D eigenvalue weighted by atomic mass is 10.1. The van der Waals surface area contributed by atoms with Crippen LogP contribution in [0.4, 0.5) is 0 Å². The largest absolute Gasteiger partial charge is 0.493 e. The van der Waals surface area contributed by atoms with E-state index in [1.165, 1.54) is 0 Å². The molecule has 3 heteroatoms. The predicted molar refractivity (Wildman–Crippen MR) is 58.0 cm³/mol. The van der Waals surface area contributed by atoms with Gasteiger partial charge in [-0.15, -0.1) is 0 Å². The fraction of sp³-hybridized carbons (Fsp3) is 0.455. The Labute approximate surface area is 89.2 Å². The second kappa shape index (κ2) is 4.20. The number of benzene rings is 1. The van der Waals surface area contributed by atoms with Crippen LogP contribution in [0.1, 0.15) is 5.56 Å². The zero-order valence-electron chi connectivity index (χ0n) is 8.22. The number of halogens is 1. The van der Waals surface area contributed by atoms with E-state index < -0.39 is 0 Å². The summed E-state index contributed by atoms with van der Waals surface area (Å²) in [5.41, 5.74) is 1.07. The van der Waals surface area contributed by atoms with Crippen LogP contribution in [-0.2, 0) is 0 Å². The van der Waals surface area contributed by atoms with E-state index >= 15 is 0 Å². The maximum absolute atomic E-state index is 5.92. The van der Waals surface area contributed by atoms with Gasteiger partial charge in [-0.2, -0.15) is 0 Å². The maximum Gasteiger partial charge on any atom is 0.119 e. The number of ether oxygens (including phenoxy) is 1. The van der Waals surface area contributed by atoms with Gasteiger partial charge in [0, 0.05) is 24.0 Å². The van der Waals surface area contributed by atoms with E-state index in [0.29, 0.717) is 5.92 Å². The highest BCUT2D eigenvalue weighted by molar-refractivity contribution is 6.31. The van der Waals surface area contributed by atoms with E-state index in [9.17, 15) is 0 Å². The van der Waals surface area contributed by atoms with Gasteiger partial charge >= 0.3 is 0 Å². The quantitative estimate of drug-likeness (QED) is 0.828. The monoisotopic (exact) mass is 211 g/mol. The molecule has 0 bridgehead atoms. The lowest BCUT2D eigenvalue weighted by molar-refractivity contribution is 0.199. The molecule has 0 aromatic heterocycles. The zero-order chi connectivity index (χ0) is 9.97. The smallest absolute Gasteiger partial charge is 0.119 e. The van der Waals surface area contributed by atoms with Crippen molar-refractivity contribution < 1.29 is 4.74 Å². The summed E-state index contributed by atoms with van der Waals surface area (Å²) in [6.45, 7) is 4.94. The Morgan fingerprint density at radius 1 is 1.50 bits per heavy atom. The van der Waals surface area contributed by atoms with Crippen molar-refractivity contribution in [3.8, 4) is 5.75 Å². The van der Waals surface area contributed by atoms with E-state index in [4.69, 9.17) is 16.3 Å². The van der Waals surface area contributed by atoms with Crippen molar-refractivity contribution in [2.24, 2.45) is 5.92 Å². The molecule has 1 aromatic rings. The van der Waals surface area contributed by atoms with Crippen molar-refractivity contribution in [1.82, 2.24) is 5.32 Å². The minimum Gasteiger partial charge on any atom is -0.493 e. The molecule has 0 saturated carbocycles. The van der Waals surface area contributed by atoms with Crippen molar-refractivity contribution in [3.63, 3.8) is 0 Å². The van der Waals surface area contributed by atoms with Gasteiger partial charge < -0.3 is 10.1 Å². The summed E-state index contributed by atoms with van der Waals surface area (Å²) in [7, 11) is 0. The highest BCUT2D eigenvalue weighted by atomic mass is 35.5. The van der Waals surface area contributed by atoms with Crippen LogP contribution in [0.25, 0.3) is 0 Å². The van der Waals surface area contributed by atoms with Gasteiger partial charge in [0.2, 0.25) is 0 Å². The molecule has 1 fully saturated rings. The molecule has 0 amide bonds. The van der Waals surface area contributed by atoms with Crippen molar-refractivity contribution >= 4 is 11.6 Å². The molecule has 1 N–H and O–H groups in total. The molecule has 0 spiro atoms. The molecule has 14 heavy (non-hydrogen) atoms. The average Bonchev–Trinajstić information content (AvgIpc) is 2.08. The molecule has 0 unspecified atom stereocenters. The van der Waals surface area contributed by atoms with Gasteiger partial charge in [0.15, 0.2) is 0 Å². The Bertz CT molecular complexity index is 323. The van der Waals surface area contributed by atoms with Crippen LogP contribution in [0.3, 0.4) is 0 Å². The van der Waals surface area contributed by atoms with Crippen LogP contribution in [0.15, 0.2) is 18.2 Å². The van der Waals surface area contributed by atoms with Crippen molar-refractivity contribution in [1.29, 1.82) is 0 Å². The number of nitrogens with one attached hydrogen (secondary N) is 1. The number of rotatable bonds is 3. The summed E-state index contributed by atoms with van der Waals surface area (Å²) < 4.78 is 5.65. The van der Waals surface area contributed by atoms with Crippen LogP contribution in [-0.4, -0.2) is 19.7 Å². The topological polar surface area (TPSA) is 21.3 Å². The summed E-state index contributed by atoms with van der Waals surface area (Å²) in [5, 5.41) is 4.01. The van der Waals surface area contributed by atoms with Gasteiger partial charge in [0.05, 0.1) is 6.61 Å². The Hall–Kier alpha value is -0.730. The summed E-state index contributed by atoms with van der Waals surface area (Å²) >= 11 is 5.92. The Morgan fingerprint density at radius 2 is 2.29 bits per heavy atom. The molecule has 1 aliphatic rings. The highest BCUT2D eigenvalue weighted by Crippen LogP contribution is 2.21. The van der Waals surface area contributed by atoms with Crippen LogP contribution in [0, 0.1) is 12.8 Å². The zero-order valence-corrected chi connectivity index (χ0v) is 8.97. The van der Waals surface area contributed by atoms with E-state index in [0.717, 1.165) is 36.0 Å². The number of hydrogen-bond acceptors (Lipinski definition) is 2. The molecule has 0 radical (unpaired) electrons. The Morgan fingerprint density at radius 3 is 2.86 bits per heavy atom. The average molecular weight is 212 g/mol. The van der Waals surface area contributed by atoms with Gasteiger partial charge in [-0.05, 0) is 30.7 Å². The van der Waals surface area contributed by atoms with E-state index in [-0.39, 0.29) is 0 Å². The van der Waals surface area contributed by atoms with E-state index in [1.807, 2.05) is 25.1 Å². The third-order valence-corrected chi connectivity index (χ3v) is 2.91. The van der Waals surface area contributed by atoms with Crippen molar-refractivity contribution in [2.45, 2.75) is 6.92 Å². The molecule has 1 aliphatic heterocycles. The first-order valence-corrected chi connectivity index (χ1v) is 5.23. The van der Waals surface area contributed by atoms with Crippen molar-refractivity contribution in [3.05, 3.63) is 28.8 Å². The molecular formula is C11H14ClNO. The van der Waals surface area contributed by atoms with Crippen molar-refractivity contribution in [2.75, 3.05) is 19.7 Å². The van der Waals surface area contributed by atoms with Crippen LogP contribution >= 0.6 is 11.6 Å². The highest BCUT2D eigenvalue weighted by Gasteiger charge is 2.16. The van der Waals surface area contributed by atoms with Gasteiger partial charge in [-0.1, -0.05) is 11.6 Å². The Kier molecular flexibility index (Phi) is 2.94. The third-order valence-electron chi connectivity index (χ3n) is 2.48. The van der Waals surface area contributed by atoms with Crippen LogP contribution in [0.2, 0.25) is 5.02 Å². The summed E-state index contributed by atoms with van der Waals surface area (Å²) in [6, 6.07) is 5.78. The molecule has 1 aromatic carbocycles. The second-order valence-electron chi connectivity index (χ2n) is 3.75. The molecular weight excluding hydrogens is 198 g/mol. The fourth-order valence-electron chi connectivity index (χ4n) is 1.39. The van der Waals surface area contributed by atoms with Gasteiger partial charge in [-0.3, -0.25) is 0 Å². The maximum atomic E-state index is 5.92. The van der Waals surface area contributed by atoms with E-state index in [2.05, 4.69) is 5.32 Å². The first kappa shape index (κ1) is 9.81. The standard InChI is InChI=1S/C11H14ClNO/c1-8-4-10(2-3-11(8)12)14-7-9-5-13-6-9/h2-4,9,13H,5-7H2,1H3. The van der Waals surface area contributed by atoms with Gasteiger partial charge in [0.25, 0.3) is 0 Å².